The predicted molar refractivity (Wildman–Crippen MR) is 86.6 cm³/mol. The summed E-state index contributed by atoms with van der Waals surface area (Å²) in [6.07, 6.45) is -16.2. The first-order chi connectivity index (χ1) is 13.6. The van der Waals surface area contributed by atoms with Crippen molar-refractivity contribution in [1.82, 2.24) is 10.3 Å². The van der Waals surface area contributed by atoms with Crippen LogP contribution in [0.4, 0.5) is 45.2 Å². The van der Waals surface area contributed by atoms with Crippen LogP contribution >= 0.6 is 11.6 Å². The molecule has 0 aliphatic heterocycles. The predicted octanol–water partition coefficient (Wildman–Crippen LogP) is 5.42. The van der Waals surface area contributed by atoms with Crippen molar-refractivity contribution in [1.29, 1.82) is 0 Å². The number of nitrogens with zero attached hydrogens (tertiary/aromatic N) is 1. The molecule has 1 heterocycles. The fourth-order valence-electron chi connectivity index (χ4n) is 2.28. The van der Waals surface area contributed by atoms with E-state index >= 15 is 0 Å². The van der Waals surface area contributed by atoms with E-state index in [1.165, 1.54) is 0 Å². The van der Waals surface area contributed by atoms with Crippen molar-refractivity contribution in [2.45, 2.75) is 24.2 Å². The second-order valence-electron chi connectivity index (χ2n) is 5.75. The van der Waals surface area contributed by atoms with Crippen molar-refractivity contribution in [2.24, 2.45) is 0 Å². The number of halogens is 10. The van der Waals surface area contributed by atoms with Gasteiger partial charge in [-0.15, -0.1) is 0 Å². The lowest BCUT2D eigenvalue weighted by Gasteiger charge is -2.39. The Balaban J connectivity index is 2.65. The summed E-state index contributed by atoms with van der Waals surface area (Å²) in [7, 11) is 0. The Morgan fingerprint density at radius 3 is 2.00 bits per heavy atom. The summed E-state index contributed by atoms with van der Waals surface area (Å²) in [5.74, 6) is -1.88. The number of anilines is 1. The Labute approximate surface area is 167 Å². The third-order valence-electron chi connectivity index (χ3n) is 3.68. The van der Waals surface area contributed by atoms with Crippen molar-refractivity contribution in [3.8, 4) is 0 Å². The second-order valence-corrected chi connectivity index (χ2v) is 6.19. The van der Waals surface area contributed by atoms with Gasteiger partial charge < -0.3 is 10.6 Å². The van der Waals surface area contributed by atoms with Crippen LogP contribution in [-0.2, 0) is 6.18 Å². The van der Waals surface area contributed by atoms with E-state index in [0.717, 1.165) is 29.0 Å². The molecular formula is C16H9ClF9N3O. The highest BCUT2D eigenvalue weighted by atomic mass is 35.5. The van der Waals surface area contributed by atoms with Gasteiger partial charge in [0.05, 0.1) is 11.1 Å². The van der Waals surface area contributed by atoms with Gasteiger partial charge in [-0.05, 0) is 30.3 Å². The van der Waals surface area contributed by atoms with Gasteiger partial charge in [0.25, 0.3) is 5.91 Å². The molecule has 1 aromatic carbocycles. The van der Waals surface area contributed by atoms with E-state index < -0.39 is 51.9 Å². The molecule has 0 saturated heterocycles. The summed E-state index contributed by atoms with van der Waals surface area (Å²) < 4.78 is 121. The highest BCUT2D eigenvalue weighted by Crippen LogP contribution is 2.46. The zero-order chi connectivity index (χ0) is 23.0. The molecule has 0 spiro atoms. The van der Waals surface area contributed by atoms with Gasteiger partial charge in [0.2, 0.25) is 0 Å². The molecule has 0 aliphatic carbocycles. The minimum absolute atomic E-state index is 0.143. The molecule has 2 rings (SSSR count). The minimum atomic E-state index is -6.31. The third kappa shape index (κ3) is 4.71. The van der Waals surface area contributed by atoms with E-state index in [4.69, 9.17) is 11.6 Å². The van der Waals surface area contributed by atoms with E-state index in [0.29, 0.717) is 12.3 Å². The zero-order valence-electron chi connectivity index (χ0n) is 14.2. The normalized spacial score (nSPS) is 13.1. The van der Waals surface area contributed by atoms with Gasteiger partial charge in [0.15, 0.2) is 0 Å². The van der Waals surface area contributed by atoms with Crippen LogP contribution in [-0.4, -0.2) is 28.9 Å². The summed E-state index contributed by atoms with van der Waals surface area (Å²) in [6.45, 7) is 0. The number of nitrogens with one attached hydrogen (secondary N) is 2. The van der Waals surface area contributed by atoms with Crippen molar-refractivity contribution in [2.75, 3.05) is 5.32 Å². The number of aromatic nitrogens is 1. The van der Waals surface area contributed by atoms with Crippen LogP contribution in [0.25, 0.3) is 0 Å². The third-order valence-corrected chi connectivity index (χ3v) is 3.92. The summed E-state index contributed by atoms with van der Waals surface area (Å²) in [6, 6.07) is 3.01. The molecule has 4 nitrogen and oxygen atoms in total. The van der Waals surface area contributed by atoms with Gasteiger partial charge in [0, 0.05) is 23.1 Å². The molecule has 0 unspecified atom stereocenters. The lowest BCUT2D eigenvalue weighted by atomic mass is 10.1. The van der Waals surface area contributed by atoms with Crippen molar-refractivity contribution < 1.29 is 44.3 Å². The number of hydrogen-bond acceptors (Lipinski definition) is 3. The minimum Gasteiger partial charge on any atom is -0.347 e. The number of carbonyl (C=O) groups excluding carboxylic acids is 1. The van der Waals surface area contributed by atoms with E-state index in [2.05, 4.69) is 4.98 Å². The molecule has 30 heavy (non-hydrogen) atoms. The maximum atomic E-state index is 13.6. The van der Waals surface area contributed by atoms with Gasteiger partial charge in [0.1, 0.15) is 0 Å². The molecule has 0 radical (unpaired) electrons. The lowest BCUT2D eigenvalue weighted by molar-refractivity contribution is -0.294. The molecule has 0 atom stereocenters. The Hall–Kier alpha value is -2.70. The largest absolute Gasteiger partial charge is 0.439 e. The Bertz CT molecular complexity index is 897. The van der Waals surface area contributed by atoms with Gasteiger partial charge in [-0.3, -0.25) is 9.78 Å². The Morgan fingerprint density at radius 2 is 1.53 bits per heavy atom. The monoisotopic (exact) mass is 465 g/mol. The van der Waals surface area contributed by atoms with Crippen molar-refractivity contribution in [3.05, 3.63) is 58.9 Å². The first-order valence-corrected chi connectivity index (χ1v) is 7.97. The number of alkyl halides is 9. The number of amides is 1. The lowest BCUT2D eigenvalue weighted by Crippen LogP contribution is -2.72. The maximum Gasteiger partial charge on any atom is 0.439 e. The fourth-order valence-corrected chi connectivity index (χ4v) is 2.45. The fraction of sp³-hybridized carbons (Fsp3) is 0.250. The van der Waals surface area contributed by atoms with Crippen LogP contribution in [0, 0.1) is 0 Å². The van der Waals surface area contributed by atoms with Crippen LogP contribution < -0.4 is 10.6 Å². The molecule has 2 aromatic rings. The van der Waals surface area contributed by atoms with E-state index in [9.17, 15) is 44.3 Å². The molecule has 14 heteroatoms. The quantitative estimate of drug-likeness (QED) is 0.468. The van der Waals surface area contributed by atoms with Crippen LogP contribution in [0.15, 0.2) is 42.7 Å². The average Bonchev–Trinajstić information content (AvgIpc) is 2.60. The molecule has 164 valence electrons. The van der Waals surface area contributed by atoms with Gasteiger partial charge >= 0.3 is 24.2 Å². The standard InChI is InChI=1S/C16H9ClF9N3O/c17-9-3-4-11(10(6-9)13(18,19)20)28-14(15(21,22)23,16(24,25)26)29-12(30)8-2-1-5-27-7-8/h1-7,28H,(H,29,30). The van der Waals surface area contributed by atoms with Gasteiger partial charge in [-0.25, -0.2) is 0 Å². The van der Waals surface area contributed by atoms with E-state index in [1.54, 1.807) is 0 Å². The number of pyridine rings is 1. The summed E-state index contributed by atoms with van der Waals surface area (Å²) in [5, 5.41) is 0.936. The summed E-state index contributed by atoms with van der Waals surface area (Å²) >= 11 is 5.39. The maximum absolute atomic E-state index is 13.6. The zero-order valence-corrected chi connectivity index (χ0v) is 14.9. The first-order valence-electron chi connectivity index (χ1n) is 7.59. The Morgan fingerprint density at radius 1 is 0.933 bits per heavy atom. The molecule has 0 fully saturated rings. The van der Waals surface area contributed by atoms with Crippen molar-refractivity contribution in [3.63, 3.8) is 0 Å². The summed E-state index contributed by atoms with van der Waals surface area (Å²) in [4.78, 5) is 15.4. The molecule has 1 amide bonds. The van der Waals surface area contributed by atoms with Gasteiger partial charge in [-0.1, -0.05) is 11.6 Å². The van der Waals surface area contributed by atoms with Crippen LogP contribution in [0.2, 0.25) is 5.02 Å². The Kier molecular flexibility index (Phi) is 6.17. The number of carbonyl (C=O) groups is 1. The topological polar surface area (TPSA) is 54.0 Å². The molecule has 0 bridgehead atoms. The average molecular weight is 466 g/mol. The molecule has 0 saturated carbocycles. The molecular weight excluding hydrogens is 457 g/mol. The summed E-state index contributed by atoms with van der Waals surface area (Å²) in [5.41, 5.74) is -9.46. The smallest absolute Gasteiger partial charge is 0.347 e. The van der Waals surface area contributed by atoms with Crippen LogP contribution in [0.5, 0.6) is 0 Å². The van der Waals surface area contributed by atoms with Crippen LogP contribution in [0.3, 0.4) is 0 Å². The number of hydrogen-bond donors (Lipinski definition) is 2. The number of rotatable bonds is 4. The highest BCUT2D eigenvalue weighted by Gasteiger charge is 2.73. The SMILES string of the molecule is O=C(NC(Nc1ccc(Cl)cc1C(F)(F)F)(C(F)(F)F)C(F)(F)F)c1cccnc1. The van der Waals surface area contributed by atoms with Crippen molar-refractivity contribution >= 4 is 23.2 Å². The molecule has 2 N–H and O–H groups in total. The highest BCUT2D eigenvalue weighted by molar-refractivity contribution is 6.30. The second kappa shape index (κ2) is 7.85. The molecule has 1 aromatic heterocycles. The van der Waals surface area contributed by atoms with E-state index in [-0.39, 0.29) is 12.1 Å². The van der Waals surface area contributed by atoms with Crippen LogP contribution in [0.1, 0.15) is 15.9 Å². The first kappa shape index (κ1) is 23.6. The number of benzene rings is 1. The van der Waals surface area contributed by atoms with Gasteiger partial charge in [-0.2, -0.15) is 39.5 Å². The van der Waals surface area contributed by atoms with E-state index in [1.807, 2.05) is 0 Å². The molecule has 0 aliphatic rings.